The second-order valence-corrected chi connectivity index (χ2v) is 5.61. The van der Waals surface area contributed by atoms with Gasteiger partial charge in [-0.3, -0.25) is 9.98 Å². The van der Waals surface area contributed by atoms with Crippen LogP contribution < -0.4 is 16.3 Å². The summed E-state index contributed by atoms with van der Waals surface area (Å²) in [7, 11) is 0. The first-order chi connectivity index (χ1) is 8.97. The topological polar surface area (TPSA) is 50.7 Å². The maximum atomic E-state index is 6.42. The Morgan fingerprint density at radius 3 is 2.53 bits per heavy atom. The summed E-state index contributed by atoms with van der Waals surface area (Å²) >= 11 is 0. The second kappa shape index (κ2) is 4.05. The van der Waals surface area contributed by atoms with Crippen LogP contribution in [0.2, 0.25) is 0 Å². The van der Waals surface area contributed by atoms with Gasteiger partial charge < -0.3 is 5.73 Å². The summed E-state index contributed by atoms with van der Waals surface area (Å²) in [6.07, 6.45) is 2.02. The van der Waals surface area contributed by atoms with Gasteiger partial charge in [-0.05, 0) is 45.4 Å². The predicted octanol–water partition coefficient (Wildman–Crippen LogP) is 1.37. The van der Waals surface area contributed by atoms with Gasteiger partial charge in [-0.1, -0.05) is 17.2 Å². The van der Waals surface area contributed by atoms with Crippen molar-refractivity contribution < 1.29 is 0 Å². The minimum Gasteiger partial charge on any atom is -0.401 e. The molecule has 0 saturated carbocycles. The molecular weight excluding hydrogens is 234 g/mol. The highest BCUT2D eigenvalue weighted by molar-refractivity contribution is 5.94. The van der Waals surface area contributed by atoms with Gasteiger partial charge in [-0.2, -0.15) is 0 Å². The Hall–Kier alpha value is -1.90. The van der Waals surface area contributed by atoms with Crippen LogP contribution in [0.15, 0.2) is 33.8 Å². The van der Waals surface area contributed by atoms with Crippen molar-refractivity contribution >= 4 is 11.4 Å². The van der Waals surface area contributed by atoms with Crippen molar-refractivity contribution in [1.82, 2.24) is 0 Å². The average Bonchev–Trinajstić information content (AvgIpc) is 2.30. The van der Waals surface area contributed by atoms with E-state index < -0.39 is 0 Å². The van der Waals surface area contributed by atoms with Crippen molar-refractivity contribution in [2.45, 2.75) is 33.9 Å². The molecule has 0 spiro atoms. The quantitative estimate of drug-likeness (QED) is 0.746. The van der Waals surface area contributed by atoms with Crippen molar-refractivity contribution in [2.75, 3.05) is 0 Å². The van der Waals surface area contributed by atoms with Gasteiger partial charge in [0.2, 0.25) is 0 Å². The number of aryl methyl sites for hydroxylation is 2. The number of dihydropyridines is 1. The smallest absolute Gasteiger partial charge is 0.152 e. The number of benzene rings is 1. The fourth-order valence-corrected chi connectivity index (χ4v) is 3.14. The minimum absolute atomic E-state index is 0.0843. The second-order valence-electron chi connectivity index (χ2n) is 5.61. The van der Waals surface area contributed by atoms with Crippen LogP contribution in [0.5, 0.6) is 0 Å². The molecule has 3 rings (SSSR count). The molecular formula is C16H19N3. The van der Waals surface area contributed by atoms with E-state index in [0.29, 0.717) is 0 Å². The summed E-state index contributed by atoms with van der Waals surface area (Å²) in [6.45, 7) is 8.32. The number of fused-ring (bicyclic) bond motifs is 2. The van der Waals surface area contributed by atoms with E-state index >= 15 is 0 Å². The summed E-state index contributed by atoms with van der Waals surface area (Å²) in [6, 6.07) is 4.29. The van der Waals surface area contributed by atoms with E-state index in [1.165, 1.54) is 16.7 Å². The molecule has 2 unspecified atom stereocenters. The number of hydrogen-bond donors (Lipinski definition) is 1. The highest BCUT2D eigenvalue weighted by Gasteiger charge is 2.30. The average molecular weight is 253 g/mol. The summed E-state index contributed by atoms with van der Waals surface area (Å²) in [5.41, 5.74) is 12.0. The number of allylic oxidation sites excluding steroid dienone is 1. The van der Waals surface area contributed by atoms with Crippen LogP contribution in [0, 0.1) is 19.8 Å². The first-order valence-corrected chi connectivity index (χ1v) is 6.65. The largest absolute Gasteiger partial charge is 0.401 e. The van der Waals surface area contributed by atoms with Gasteiger partial charge in [0.15, 0.2) is 6.17 Å². The van der Waals surface area contributed by atoms with E-state index in [1.807, 2.05) is 6.92 Å². The normalized spacial score (nSPS) is 24.9. The SMILES string of the molecule is CC1=CC(C)=NC2N=c3c(C)cc(C)cc3=C(N)C12. The Balaban J connectivity index is 2.36. The summed E-state index contributed by atoms with van der Waals surface area (Å²) < 4.78 is 0. The lowest BCUT2D eigenvalue weighted by atomic mass is 9.87. The van der Waals surface area contributed by atoms with Gasteiger partial charge in [0.25, 0.3) is 0 Å². The maximum absolute atomic E-state index is 6.42. The van der Waals surface area contributed by atoms with Gasteiger partial charge in [0.1, 0.15) is 0 Å². The van der Waals surface area contributed by atoms with Gasteiger partial charge in [-0.25, -0.2) is 0 Å². The third-order valence-electron chi connectivity index (χ3n) is 3.91. The summed E-state index contributed by atoms with van der Waals surface area (Å²) in [5, 5.41) is 2.09. The molecule has 3 nitrogen and oxygen atoms in total. The molecule has 2 atom stereocenters. The molecule has 0 aliphatic carbocycles. The van der Waals surface area contributed by atoms with Crippen LogP contribution in [0.3, 0.4) is 0 Å². The first-order valence-electron chi connectivity index (χ1n) is 6.65. The summed E-state index contributed by atoms with van der Waals surface area (Å²) in [4.78, 5) is 9.47. The monoisotopic (exact) mass is 253 g/mol. The van der Waals surface area contributed by atoms with E-state index in [0.717, 1.165) is 22.0 Å². The van der Waals surface area contributed by atoms with E-state index in [-0.39, 0.29) is 12.1 Å². The molecule has 0 radical (unpaired) electrons. The van der Waals surface area contributed by atoms with Crippen molar-refractivity contribution in [3.63, 3.8) is 0 Å². The van der Waals surface area contributed by atoms with Crippen LogP contribution >= 0.6 is 0 Å². The van der Waals surface area contributed by atoms with Crippen LogP contribution in [-0.2, 0) is 0 Å². The van der Waals surface area contributed by atoms with E-state index in [9.17, 15) is 0 Å². The maximum Gasteiger partial charge on any atom is 0.152 e. The Bertz CT molecular complexity index is 738. The van der Waals surface area contributed by atoms with E-state index in [2.05, 4.69) is 44.0 Å². The highest BCUT2D eigenvalue weighted by Crippen LogP contribution is 2.28. The lowest BCUT2D eigenvalue weighted by Crippen LogP contribution is -2.44. The molecule has 0 saturated heterocycles. The van der Waals surface area contributed by atoms with E-state index in [4.69, 9.17) is 10.7 Å². The molecule has 2 aliphatic rings. The lowest BCUT2D eigenvalue weighted by molar-refractivity contribution is 0.558. The Kier molecular flexibility index (Phi) is 2.59. The fourth-order valence-electron chi connectivity index (χ4n) is 3.14. The molecule has 2 N–H and O–H groups in total. The molecule has 0 fully saturated rings. The Morgan fingerprint density at radius 1 is 1.05 bits per heavy atom. The standard InChI is InChI=1S/C16H19N3/c1-8-5-10(3)15-12(6-8)14(17)13-9(2)7-11(4)18-16(13)19-15/h5-7,13,16H,17H2,1-4H3. The van der Waals surface area contributed by atoms with Gasteiger partial charge in [0, 0.05) is 16.6 Å². The molecule has 0 aromatic heterocycles. The van der Waals surface area contributed by atoms with Gasteiger partial charge >= 0.3 is 0 Å². The molecule has 0 amide bonds. The third-order valence-corrected chi connectivity index (χ3v) is 3.91. The molecule has 2 aliphatic heterocycles. The zero-order valence-electron chi connectivity index (χ0n) is 11.9. The van der Waals surface area contributed by atoms with Crippen LogP contribution in [0.1, 0.15) is 25.0 Å². The van der Waals surface area contributed by atoms with Crippen LogP contribution in [-0.4, -0.2) is 11.9 Å². The fraction of sp³-hybridized carbons (Fsp3) is 0.375. The minimum atomic E-state index is -0.0843. The molecule has 0 bridgehead atoms. The number of nitrogens with two attached hydrogens (primary N) is 1. The third kappa shape index (κ3) is 1.81. The van der Waals surface area contributed by atoms with Gasteiger partial charge in [0.05, 0.1) is 11.3 Å². The highest BCUT2D eigenvalue weighted by atomic mass is 15.0. The number of hydrogen-bond acceptors (Lipinski definition) is 3. The van der Waals surface area contributed by atoms with Crippen molar-refractivity contribution in [2.24, 2.45) is 21.6 Å². The number of rotatable bonds is 0. The first kappa shape index (κ1) is 12.2. The molecule has 1 aromatic rings. The lowest BCUT2D eigenvalue weighted by Gasteiger charge is -2.29. The van der Waals surface area contributed by atoms with Crippen LogP contribution in [0.25, 0.3) is 5.70 Å². The Labute approximate surface area is 113 Å². The Morgan fingerprint density at radius 2 is 1.79 bits per heavy atom. The molecule has 1 aromatic carbocycles. The van der Waals surface area contributed by atoms with Crippen molar-refractivity contribution in [3.8, 4) is 0 Å². The van der Waals surface area contributed by atoms with E-state index in [1.54, 1.807) is 0 Å². The van der Waals surface area contributed by atoms with Gasteiger partial charge in [-0.15, -0.1) is 0 Å². The zero-order valence-corrected chi connectivity index (χ0v) is 11.9. The molecule has 2 heterocycles. The summed E-state index contributed by atoms with van der Waals surface area (Å²) in [5.74, 6) is 0.123. The molecule has 3 heteroatoms. The number of nitrogens with zero attached hydrogens (tertiary/aromatic N) is 2. The van der Waals surface area contributed by atoms with Crippen LogP contribution in [0.4, 0.5) is 0 Å². The number of aliphatic imine (C=N–C) groups is 1. The van der Waals surface area contributed by atoms with Crippen molar-refractivity contribution in [1.29, 1.82) is 0 Å². The molecule has 98 valence electrons. The molecule has 19 heavy (non-hydrogen) atoms. The van der Waals surface area contributed by atoms with Crippen molar-refractivity contribution in [3.05, 3.63) is 45.5 Å². The predicted molar refractivity (Wildman–Crippen MR) is 78.4 cm³/mol. The zero-order chi connectivity index (χ0) is 13.7.